The summed E-state index contributed by atoms with van der Waals surface area (Å²) in [4.78, 5) is 23.4. The fourth-order valence-corrected chi connectivity index (χ4v) is 1.84. The molecule has 0 saturated heterocycles. The Morgan fingerprint density at radius 2 is 2.05 bits per heavy atom. The Balaban J connectivity index is 2.20. The second kappa shape index (κ2) is 6.55. The number of aryl methyl sites for hydroxylation is 1. The molecule has 5 heteroatoms. The highest BCUT2D eigenvalue weighted by atomic mass is 16.3. The van der Waals surface area contributed by atoms with Crippen LogP contribution < -0.4 is 5.32 Å². The molecule has 1 amide bonds. The van der Waals surface area contributed by atoms with Crippen LogP contribution in [0.2, 0.25) is 0 Å². The largest absolute Gasteiger partial charge is 0.462 e. The molecule has 110 valence electrons. The maximum absolute atomic E-state index is 12.1. The van der Waals surface area contributed by atoms with Crippen LogP contribution >= 0.6 is 0 Å². The van der Waals surface area contributed by atoms with E-state index in [1.165, 1.54) is 13.0 Å². The monoisotopic (exact) mass is 294 g/mol. The van der Waals surface area contributed by atoms with E-state index < -0.39 is 5.91 Å². The summed E-state index contributed by atoms with van der Waals surface area (Å²) in [6.45, 7) is 3.22. The van der Waals surface area contributed by atoms with E-state index in [2.05, 4.69) is 5.32 Å². The normalized spacial score (nSPS) is 10.9. The molecule has 0 bridgehead atoms. The first-order valence-electron chi connectivity index (χ1n) is 6.60. The van der Waals surface area contributed by atoms with Gasteiger partial charge in [-0.15, -0.1) is 0 Å². The Morgan fingerprint density at radius 3 is 2.64 bits per heavy atom. The average Bonchev–Trinajstić information content (AvgIpc) is 2.90. The maximum Gasteiger partial charge on any atom is 0.266 e. The Bertz CT molecular complexity index is 794. The van der Waals surface area contributed by atoms with Crippen molar-refractivity contribution in [3.63, 3.8) is 0 Å². The number of ketones is 1. The Hall–Kier alpha value is -3.13. The first kappa shape index (κ1) is 15.3. The molecule has 0 aliphatic rings. The van der Waals surface area contributed by atoms with Crippen molar-refractivity contribution >= 4 is 23.5 Å². The van der Waals surface area contributed by atoms with Gasteiger partial charge in [-0.05, 0) is 38.1 Å². The molecule has 2 rings (SSSR count). The summed E-state index contributed by atoms with van der Waals surface area (Å²) in [5.74, 6) is 0.468. The lowest BCUT2D eigenvalue weighted by Gasteiger charge is -2.05. The lowest BCUT2D eigenvalue weighted by Crippen LogP contribution is -2.13. The van der Waals surface area contributed by atoms with Crippen LogP contribution in [0, 0.1) is 18.3 Å². The Labute approximate surface area is 127 Å². The molecule has 5 nitrogen and oxygen atoms in total. The van der Waals surface area contributed by atoms with Gasteiger partial charge in [-0.3, -0.25) is 9.59 Å². The van der Waals surface area contributed by atoms with Gasteiger partial charge in [-0.1, -0.05) is 12.1 Å². The number of anilines is 1. The summed E-state index contributed by atoms with van der Waals surface area (Å²) >= 11 is 0. The fraction of sp³-hybridized carbons (Fsp3) is 0.118. The lowest BCUT2D eigenvalue weighted by molar-refractivity contribution is -0.112. The molecule has 1 aromatic carbocycles. The number of carbonyl (C=O) groups is 2. The number of hydrogen-bond donors (Lipinski definition) is 1. The average molecular weight is 294 g/mol. The summed E-state index contributed by atoms with van der Waals surface area (Å²) in [5, 5.41) is 11.7. The predicted molar refractivity (Wildman–Crippen MR) is 82.1 cm³/mol. The maximum atomic E-state index is 12.1. The zero-order chi connectivity index (χ0) is 16.1. The fourth-order valence-electron chi connectivity index (χ4n) is 1.84. The quantitative estimate of drug-likeness (QED) is 0.532. The van der Waals surface area contributed by atoms with Crippen molar-refractivity contribution in [2.24, 2.45) is 0 Å². The minimum absolute atomic E-state index is 0.0809. The van der Waals surface area contributed by atoms with Gasteiger partial charge < -0.3 is 9.73 Å². The number of rotatable bonds is 4. The second-order valence-corrected chi connectivity index (χ2v) is 4.71. The molecule has 22 heavy (non-hydrogen) atoms. The molecule has 0 spiro atoms. The second-order valence-electron chi connectivity index (χ2n) is 4.71. The number of Topliss-reactive ketones (excluding diaryl/α,β-unsaturated/α-hetero) is 1. The number of nitrogens with zero attached hydrogens (tertiary/aromatic N) is 1. The lowest BCUT2D eigenvalue weighted by atomic mass is 10.1. The third-order valence-electron chi connectivity index (χ3n) is 2.94. The number of nitriles is 1. The standard InChI is InChI=1S/C17H14N2O3/c1-11-6-7-16(22-11)9-14(10-18)17(21)19-15-5-3-4-13(8-15)12(2)20/h3-9H,1-2H3,(H,19,21). The van der Waals surface area contributed by atoms with Crippen molar-refractivity contribution in [1.82, 2.24) is 0 Å². The molecule has 0 unspecified atom stereocenters. The minimum atomic E-state index is -0.558. The Kier molecular flexibility index (Phi) is 4.54. The number of furan rings is 1. The van der Waals surface area contributed by atoms with E-state index in [0.717, 1.165) is 0 Å². The van der Waals surface area contributed by atoms with Gasteiger partial charge in [0.2, 0.25) is 0 Å². The number of nitrogens with one attached hydrogen (secondary N) is 1. The molecular formula is C17H14N2O3. The number of benzene rings is 1. The summed E-state index contributed by atoms with van der Waals surface area (Å²) in [5.41, 5.74) is 0.860. The molecular weight excluding hydrogens is 280 g/mol. The van der Waals surface area contributed by atoms with Crippen molar-refractivity contribution in [3.8, 4) is 6.07 Å². The van der Waals surface area contributed by atoms with Crippen LogP contribution in [0.4, 0.5) is 5.69 Å². The number of carbonyl (C=O) groups excluding carboxylic acids is 2. The van der Waals surface area contributed by atoms with Crippen LogP contribution in [-0.4, -0.2) is 11.7 Å². The molecule has 0 saturated carbocycles. The molecule has 0 fully saturated rings. The van der Waals surface area contributed by atoms with Gasteiger partial charge in [0.1, 0.15) is 23.2 Å². The summed E-state index contributed by atoms with van der Waals surface area (Å²) in [6.07, 6.45) is 1.37. The molecule has 1 aromatic heterocycles. The van der Waals surface area contributed by atoms with Crippen LogP contribution in [-0.2, 0) is 4.79 Å². The molecule has 0 aliphatic carbocycles. The van der Waals surface area contributed by atoms with Crippen molar-refractivity contribution in [1.29, 1.82) is 5.26 Å². The van der Waals surface area contributed by atoms with Gasteiger partial charge in [0.05, 0.1) is 0 Å². The van der Waals surface area contributed by atoms with E-state index in [4.69, 9.17) is 9.68 Å². The topological polar surface area (TPSA) is 83.1 Å². The van der Waals surface area contributed by atoms with Gasteiger partial charge in [0.15, 0.2) is 5.78 Å². The van der Waals surface area contributed by atoms with Crippen LogP contribution in [0.1, 0.15) is 28.8 Å². The minimum Gasteiger partial charge on any atom is -0.462 e. The smallest absolute Gasteiger partial charge is 0.266 e. The predicted octanol–water partition coefficient (Wildman–Crippen LogP) is 3.34. The van der Waals surface area contributed by atoms with Gasteiger partial charge in [0, 0.05) is 17.3 Å². The van der Waals surface area contributed by atoms with E-state index in [0.29, 0.717) is 22.8 Å². The zero-order valence-electron chi connectivity index (χ0n) is 12.2. The highest BCUT2D eigenvalue weighted by molar-refractivity contribution is 6.09. The van der Waals surface area contributed by atoms with Crippen LogP contribution in [0.3, 0.4) is 0 Å². The highest BCUT2D eigenvalue weighted by Gasteiger charge is 2.11. The van der Waals surface area contributed by atoms with Crippen molar-refractivity contribution in [3.05, 3.63) is 59.1 Å². The summed E-state index contributed by atoms with van der Waals surface area (Å²) in [7, 11) is 0. The van der Waals surface area contributed by atoms with Gasteiger partial charge in [-0.2, -0.15) is 5.26 Å². The van der Waals surface area contributed by atoms with Crippen molar-refractivity contribution in [2.45, 2.75) is 13.8 Å². The van der Waals surface area contributed by atoms with E-state index in [1.54, 1.807) is 43.3 Å². The van der Waals surface area contributed by atoms with E-state index in [-0.39, 0.29) is 11.4 Å². The molecule has 1 heterocycles. The first-order chi connectivity index (χ1) is 10.5. The number of amides is 1. The van der Waals surface area contributed by atoms with Crippen LogP contribution in [0.15, 0.2) is 46.4 Å². The summed E-state index contributed by atoms with van der Waals surface area (Å²) < 4.78 is 5.31. The highest BCUT2D eigenvalue weighted by Crippen LogP contribution is 2.15. The van der Waals surface area contributed by atoms with Gasteiger partial charge in [0.25, 0.3) is 5.91 Å². The molecule has 1 N–H and O–H groups in total. The third-order valence-corrected chi connectivity index (χ3v) is 2.94. The van der Waals surface area contributed by atoms with Crippen molar-refractivity contribution < 1.29 is 14.0 Å². The van der Waals surface area contributed by atoms with Gasteiger partial charge >= 0.3 is 0 Å². The zero-order valence-corrected chi connectivity index (χ0v) is 12.2. The van der Waals surface area contributed by atoms with Crippen molar-refractivity contribution in [2.75, 3.05) is 5.32 Å². The summed E-state index contributed by atoms with van der Waals surface area (Å²) in [6, 6.07) is 11.8. The molecule has 2 aromatic rings. The van der Waals surface area contributed by atoms with Gasteiger partial charge in [-0.25, -0.2) is 0 Å². The Morgan fingerprint density at radius 1 is 1.27 bits per heavy atom. The molecule has 0 aliphatic heterocycles. The van der Waals surface area contributed by atoms with E-state index in [9.17, 15) is 9.59 Å². The van der Waals surface area contributed by atoms with Crippen LogP contribution in [0.25, 0.3) is 6.08 Å². The first-order valence-corrected chi connectivity index (χ1v) is 6.60. The van der Waals surface area contributed by atoms with Crippen LogP contribution in [0.5, 0.6) is 0 Å². The SMILES string of the molecule is CC(=O)c1cccc(NC(=O)C(C#N)=Cc2ccc(C)o2)c1. The van der Waals surface area contributed by atoms with E-state index >= 15 is 0 Å². The number of hydrogen-bond acceptors (Lipinski definition) is 4. The van der Waals surface area contributed by atoms with E-state index in [1.807, 2.05) is 6.07 Å². The third kappa shape index (κ3) is 3.70. The molecule has 0 atom stereocenters. The molecule has 0 radical (unpaired) electrons.